The summed E-state index contributed by atoms with van der Waals surface area (Å²) in [6, 6.07) is 5.53. The molecule has 0 aliphatic heterocycles. The first-order valence-electron chi connectivity index (χ1n) is 5.64. The monoisotopic (exact) mass is 237 g/mol. The molecule has 17 heavy (non-hydrogen) atoms. The molecule has 1 rings (SSSR count). The van der Waals surface area contributed by atoms with Crippen molar-refractivity contribution in [2.75, 3.05) is 30.7 Å². The van der Waals surface area contributed by atoms with Crippen molar-refractivity contribution in [3.05, 3.63) is 18.2 Å². The number of benzene rings is 1. The molecule has 1 aromatic rings. The van der Waals surface area contributed by atoms with Gasteiger partial charge in [-0.3, -0.25) is 4.79 Å². The zero-order valence-corrected chi connectivity index (χ0v) is 10.2. The Morgan fingerprint density at radius 2 is 2.18 bits per heavy atom. The Morgan fingerprint density at radius 1 is 1.41 bits per heavy atom. The molecule has 0 spiro atoms. The largest absolute Gasteiger partial charge is 0.492 e. The Hall–Kier alpha value is -1.91. The summed E-state index contributed by atoms with van der Waals surface area (Å²) in [4.78, 5) is 10.7. The van der Waals surface area contributed by atoms with E-state index in [0.717, 1.165) is 5.69 Å². The molecule has 0 unspecified atom stereocenters. The normalized spacial score (nSPS) is 9.76. The number of nitrogen functional groups attached to an aromatic ring is 1. The first kappa shape index (κ1) is 13.2. The second-order valence-electron chi connectivity index (χ2n) is 3.60. The molecule has 0 radical (unpaired) electrons. The van der Waals surface area contributed by atoms with E-state index in [0.29, 0.717) is 31.1 Å². The number of nitrogens with two attached hydrogens (primary N) is 1. The van der Waals surface area contributed by atoms with Crippen LogP contribution in [0.25, 0.3) is 0 Å². The van der Waals surface area contributed by atoms with E-state index in [2.05, 4.69) is 10.6 Å². The molecular weight excluding hydrogens is 218 g/mol. The highest BCUT2D eigenvalue weighted by Crippen LogP contribution is 2.25. The summed E-state index contributed by atoms with van der Waals surface area (Å²) in [7, 11) is 0. The van der Waals surface area contributed by atoms with Crippen molar-refractivity contribution in [3.8, 4) is 5.75 Å². The summed E-state index contributed by atoms with van der Waals surface area (Å²) in [5.41, 5.74) is 7.31. The van der Waals surface area contributed by atoms with Crippen LogP contribution in [0.2, 0.25) is 0 Å². The Kier molecular flexibility index (Phi) is 5.13. The molecule has 0 atom stereocenters. The van der Waals surface area contributed by atoms with Crippen molar-refractivity contribution in [3.63, 3.8) is 0 Å². The van der Waals surface area contributed by atoms with Crippen molar-refractivity contribution < 1.29 is 9.53 Å². The Labute approximate surface area is 101 Å². The average molecular weight is 237 g/mol. The van der Waals surface area contributed by atoms with Gasteiger partial charge in [-0.25, -0.2) is 0 Å². The van der Waals surface area contributed by atoms with E-state index < -0.39 is 0 Å². The van der Waals surface area contributed by atoms with Crippen LogP contribution in [0.1, 0.15) is 13.8 Å². The number of ether oxygens (including phenoxy) is 1. The fourth-order valence-corrected chi connectivity index (χ4v) is 1.37. The molecule has 0 heterocycles. The number of hydrogen-bond acceptors (Lipinski definition) is 4. The van der Waals surface area contributed by atoms with Crippen LogP contribution < -0.4 is 21.1 Å². The third-order valence-corrected chi connectivity index (χ3v) is 2.14. The number of anilines is 2. The molecule has 1 amide bonds. The molecule has 4 N–H and O–H groups in total. The highest BCUT2D eigenvalue weighted by molar-refractivity contribution is 5.72. The van der Waals surface area contributed by atoms with E-state index in [1.54, 1.807) is 6.07 Å². The van der Waals surface area contributed by atoms with E-state index in [4.69, 9.17) is 10.5 Å². The zero-order chi connectivity index (χ0) is 12.7. The van der Waals surface area contributed by atoms with Gasteiger partial charge in [0.1, 0.15) is 5.75 Å². The summed E-state index contributed by atoms with van der Waals surface area (Å²) < 4.78 is 5.39. The minimum atomic E-state index is -0.0286. The van der Waals surface area contributed by atoms with Gasteiger partial charge in [0.15, 0.2) is 0 Å². The highest BCUT2D eigenvalue weighted by atomic mass is 16.5. The summed E-state index contributed by atoms with van der Waals surface area (Å²) >= 11 is 0. The SMILES string of the molecule is CCOc1cc(NCCNC(C)=O)ccc1N. The summed E-state index contributed by atoms with van der Waals surface area (Å²) in [6.45, 7) is 5.24. The fourth-order valence-electron chi connectivity index (χ4n) is 1.37. The predicted octanol–water partition coefficient (Wildman–Crippen LogP) is 1.22. The van der Waals surface area contributed by atoms with Gasteiger partial charge in [-0.05, 0) is 19.1 Å². The average Bonchev–Trinajstić information content (AvgIpc) is 2.28. The van der Waals surface area contributed by atoms with Gasteiger partial charge in [0.2, 0.25) is 5.91 Å². The maximum atomic E-state index is 10.7. The van der Waals surface area contributed by atoms with Crippen LogP contribution in [0.5, 0.6) is 5.75 Å². The van der Waals surface area contributed by atoms with E-state index in [-0.39, 0.29) is 5.91 Å². The predicted molar refractivity (Wildman–Crippen MR) is 69.2 cm³/mol. The lowest BCUT2D eigenvalue weighted by Crippen LogP contribution is -2.26. The van der Waals surface area contributed by atoms with Crippen LogP contribution >= 0.6 is 0 Å². The number of hydrogen-bond donors (Lipinski definition) is 3. The molecule has 0 aliphatic rings. The number of carbonyl (C=O) groups excluding carboxylic acids is 1. The molecule has 0 aliphatic carbocycles. The van der Waals surface area contributed by atoms with Crippen LogP contribution in [-0.4, -0.2) is 25.6 Å². The van der Waals surface area contributed by atoms with Crippen molar-refractivity contribution in [1.82, 2.24) is 5.32 Å². The standard InChI is InChI=1S/C12H19N3O2/c1-3-17-12-8-10(4-5-11(12)13)15-7-6-14-9(2)16/h4-5,8,15H,3,6-7,13H2,1-2H3,(H,14,16). The van der Waals surface area contributed by atoms with Gasteiger partial charge in [0.25, 0.3) is 0 Å². The van der Waals surface area contributed by atoms with Gasteiger partial charge >= 0.3 is 0 Å². The molecule has 0 bridgehead atoms. The van der Waals surface area contributed by atoms with E-state index >= 15 is 0 Å². The highest BCUT2D eigenvalue weighted by Gasteiger charge is 2.01. The quantitative estimate of drug-likeness (QED) is 0.513. The van der Waals surface area contributed by atoms with Crippen LogP contribution in [0.4, 0.5) is 11.4 Å². The van der Waals surface area contributed by atoms with E-state index in [1.807, 2.05) is 19.1 Å². The van der Waals surface area contributed by atoms with Gasteiger partial charge in [-0.1, -0.05) is 0 Å². The van der Waals surface area contributed by atoms with Crippen molar-refractivity contribution >= 4 is 17.3 Å². The molecule has 5 nitrogen and oxygen atoms in total. The van der Waals surface area contributed by atoms with Gasteiger partial charge in [0.05, 0.1) is 12.3 Å². The lowest BCUT2D eigenvalue weighted by molar-refractivity contribution is -0.118. The van der Waals surface area contributed by atoms with Crippen molar-refractivity contribution in [1.29, 1.82) is 0 Å². The first-order valence-corrected chi connectivity index (χ1v) is 5.64. The van der Waals surface area contributed by atoms with Crippen LogP contribution in [-0.2, 0) is 4.79 Å². The third kappa shape index (κ3) is 4.63. The Balaban J connectivity index is 2.48. The van der Waals surface area contributed by atoms with Crippen LogP contribution in [0, 0.1) is 0 Å². The number of carbonyl (C=O) groups is 1. The molecule has 0 aromatic heterocycles. The Bertz CT molecular complexity index is 380. The zero-order valence-electron chi connectivity index (χ0n) is 10.2. The van der Waals surface area contributed by atoms with Gasteiger partial charge in [-0.15, -0.1) is 0 Å². The molecule has 1 aromatic carbocycles. The summed E-state index contributed by atoms with van der Waals surface area (Å²) in [5, 5.41) is 5.89. The fraction of sp³-hybridized carbons (Fsp3) is 0.417. The second kappa shape index (κ2) is 6.62. The third-order valence-electron chi connectivity index (χ3n) is 2.14. The minimum absolute atomic E-state index is 0.0286. The molecule has 0 fully saturated rings. The van der Waals surface area contributed by atoms with Crippen molar-refractivity contribution in [2.45, 2.75) is 13.8 Å². The summed E-state index contributed by atoms with van der Waals surface area (Å²) in [5.74, 6) is 0.649. The minimum Gasteiger partial charge on any atom is -0.492 e. The Morgan fingerprint density at radius 3 is 2.82 bits per heavy atom. The van der Waals surface area contributed by atoms with Crippen molar-refractivity contribution in [2.24, 2.45) is 0 Å². The molecule has 0 saturated carbocycles. The van der Waals surface area contributed by atoms with E-state index in [1.165, 1.54) is 6.92 Å². The smallest absolute Gasteiger partial charge is 0.216 e. The van der Waals surface area contributed by atoms with Gasteiger partial charge in [-0.2, -0.15) is 0 Å². The lowest BCUT2D eigenvalue weighted by atomic mass is 10.2. The molecule has 0 saturated heterocycles. The lowest BCUT2D eigenvalue weighted by Gasteiger charge is -2.11. The second-order valence-corrected chi connectivity index (χ2v) is 3.60. The van der Waals surface area contributed by atoms with Gasteiger partial charge in [0, 0.05) is 31.8 Å². The maximum absolute atomic E-state index is 10.7. The van der Waals surface area contributed by atoms with E-state index in [9.17, 15) is 4.79 Å². The molecule has 5 heteroatoms. The van der Waals surface area contributed by atoms with Crippen LogP contribution in [0.15, 0.2) is 18.2 Å². The number of rotatable bonds is 6. The van der Waals surface area contributed by atoms with Gasteiger partial charge < -0.3 is 21.1 Å². The maximum Gasteiger partial charge on any atom is 0.216 e. The molecular formula is C12H19N3O2. The topological polar surface area (TPSA) is 76.4 Å². The van der Waals surface area contributed by atoms with Crippen LogP contribution in [0.3, 0.4) is 0 Å². The summed E-state index contributed by atoms with van der Waals surface area (Å²) in [6.07, 6.45) is 0. The first-order chi connectivity index (χ1) is 8.13. The molecule has 94 valence electrons. The number of nitrogens with one attached hydrogen (secondary N) is 2. The number of amides is 1.